The minimum Gasteiger partial charge on any atom is -0.462 e. The Hall–Kier alpha value is -0.290. The number of ether oxygens (including phenoxy) is 1. The first-order valence-corrected chi connectivity index (χ1v) is 11.5. The molecule has 0 aliphatic carbocycles. The van der Waals surface area contributed by atoms with Crippen LogP contribution in [0.3, 0.4) is 0 Å². The predicted octanol–water partition coefficient (Wildman–Crippen LogP) is 7.61. The first-order valence-electron chi connectivity index (χ1n) is 10.7. The van der Waals surface area contributed by atoms with Crippen LogP contribution in [0, 0.1) is 0 Å². The molecular formula is C23H39BrCl2NO2+. The van der Waals surface area contributed by atoms with Crippen LogP contribution in [-0.2, 0) is 16.1 Å². The number of carbonyl (C=O) groups excluding carboxylic acids is 1. The molecule has 6 heteroatoms. The van der Waals surface area contributed by atoms with Crippen molar-refractivity contribution in [2.45, 2.75) is 84.2 Å². The maximum absolute atomic E-state index is 12.7. The van der Waals surface area contributed by atoms with Gasteiger partial charge in [-0.3, -0.25) is 0 Å². The van der Waals surface area contributed by atoms with Crippen molar-refractivity contribution in [3.05, 3.63) is 33.8 Å². The van der Waals surface area contributed by atoms with Crippen molar-refractivity contribution in [3.8, 4) is 0 Å². The molecule has 0 bridgehead atoms. The Balaban J connectivity index is 0.00000784. The molecule has 0 N–H and O–H groups in total. The predicted molar refractivity (Wildman–Crippen MR) is 130 cm³/mol. The lowest BCUT2D eigenvalue weighted by Gasteiger charge is -2.36. The highest BCUT2D eigenvalue weighted by Gasteiger charge is 2.35. The van der Waals surface area contributed by atoms with Crippen LogP contribution in [0.15, 0.2) is 18.2 Å². The molecule has 1 unspecified atom stereocenters. The molecular weight excluding hydrogens is 473 g/mol. The van der Waals surface area contributed by atoms with Crippen LogP contribution in [0.4, 0.5) is 0 Å². The van der Waals surface area contributed by atoms with Crippen LogP contribution in [0.1, 0.15) is 77.2 Å². The first kappa shape index (κ1) is 28.7. The number of nitrogens with zero attached hydrogens (tertiary/aromatic N) is 1. The zero-order valence-corrected chi connectivity index (χ0v) is 21.7. The van der Waals surface area contributed by atoms with Gasteiger partial charge in [0.15, 0.2) is 6.04 Å². The number of carbonyl (C=O) groups is 1. The van der Waals surface area contributed by atoms with Gasteiger partial charge in [-0.15, -0.1) is 17.0 Å². The van der Waals surface area contributed by atoms with Crippen molar-refractivity contribution in [1.29, 1.82) is 0 Å². The summed E-state index contributed by atoms with van der Waals surface area (Å²) in [7, 11) is 4.18. The van der Waals surface area contributed by atoms with Gasteiger partial charge in [0.25, 0.3) is 0 Å². The molecule has 0 fully saturated rings. The van der Waals surface area contributed by atoms with E-state index in [0.717, 1.165) is 18.4 Å². The van der Waals surface area contributed by atoms with Crippen molar-refractivity contribution >= 4 is 46.2 Å². The zero-order chi connectivity index (χ0) is 21.0. The summed E-state index contributed by atoms with van der Waals surface area (Å²) in [5, 5.41) is 1.10. The summed E-state index contributed by atoms with van der Waals surface area (Å²) in [6, 6.07) is 5.52. The largest absolute Gasteiger partial charge is 0.462 e. The number of esters is 1. The molecule has 0 aliphatic heterocycles. The van der Waals surface area contributed by atoms with Crippen molar-refractivity contribution in [1.82, 2.24) is 0 Å². The maximum atomic E-state index is 12.7. The van der Waals surface area contributed by atoms with Crippen molar-refractivity contribution in [2.75, 3.05) is 20.7 Å². The molecule has 0 saturated carbocycles. The van der Waals surface area contributed by atoms with Crippen LogP contribution in [0.25, 0.3) is 0 Å². The van der Waals surface area contributed by atoms with E-state index in [1.807, 2.05) is 25.1 Å². The lowest BCUT2D eigenvalue weighted by atomic mass is 10.0. The number of likely N-dealkylation sites (N-methyl/N-ethyl adjacent to an activating group) is 1. The average molecular weight is 512 g/mol. The van der Waals surface area contributed by atoms with Gasteiger partial charge in [-0.05, 0) is 25.5 Å². The standard InChI is InChI=1S/C23H38Cl2NO2.BrH/c1-5-7-8-9-10-11-12-13-14-22(23(27)28-6-2)26(3,4)18-19-15-16-20(24)21(25)17-19;/h15-17,22H,5-14,18H2,1-4H3;1H/q+1;. The van der Waals surface area contributed by atoms with Crippen molar-refractivity contribution < 1.29 is 14.0 Å². The summed E-state index contributed by atoms with van der Waals surface area (Å²) in [6.07, 6.45) is 10.9. The molecule has 0 spiro atoms. The fraction of sp³-hybridized carbons (Fsp3) is 0.696. The number of quaternary nitrogens is 1. The van der Waals surface area contributed by atoms with Gasteiger partial charge in [-0.1, -0.05) is 81.1 Å². The van der Waals surface area contributed by atoms with E-state index in [1.54, 1.807) is 0 Å². The van der Waals surface area contributed by atoms with E-state index in [-0.39, 0.29) is 29.0 Å². The smallest absolute Gasteiger partial charge is 0.364 e. The summed E-state index contributed by atoms with van der Waals surface area (Å²) in [5.41, 5.74) is 1.07. The van der Waals surface area contributed by atoms with Gasteiger partial charge in [0.1, 0.15) is 6.54 Å². The van der Waals surface area contributed by atoms with Gasteiger partial charge in [0.05, 0.1) is 30.7 Å². The molecule has 0 amide bonds. The molecule has 1 aromatic rings. The number of unbranched alkanes of at least 4 members (excludes halogenated alkanes) is 7. The van der Waals surface area contributed by atoms with Crippen molar-refractivity contribution in [3.63, 3.8) is 0 Å². The second-order valence-corrected chi connectivity index (χ2v) is 9.03. The van der Waals surface area contributed by atoms with Crippen LogP contribution in [0.5, 0.6) is 0 Å². The number of benzene rings is 1. The monoisotopic (exact) mass is 510 g/mol. The van der Waals surface area contributed by atoms with Crippen LogP contribution < -0.4 is 0 Å². The van der Waals surface area contributed by atoms with Gasteiger partial charge < -0.3 is 9.22 Å². The summed E-state index contributed by atoms with van der Waals surface area (Å²) in [5.74, 6) is -0.101. The molecule has 1 atom stereocenters. The molecule has 168 valence electrons. The second kappa shape index (κ2) is 15.5. The molecule has 0 saturated heterocycles. The number of hydrogen-bond donors (Lipinski definition) is 0. The van der Waals surface area contributed by atoms with E-state index in [9.17, 15) is 4.79 Å². The van der Waals surface area contributed by atoms with Crippen LogP contribution in [0.2, 0.25) is 10.0 Å². The molecule has 1 aromatic carbocycles. The number of rotatable bonds is 14. The fourth-order valence-corrected chi connectivity index (χ4v) is 4.00. The van der Waals surface area contributed by atoms with E-state index in [4.69, 9.17) is 27.9 Å². The molecule has 0 radical (unpaired) electrons. The third-order valence-electron chi connectivity index (χ3n) is 5.31. The second-order valence-electron chi connectivity index (χ2n) is 8.22. The SMILES string of the molecule is Br.CCCCCCCCCCC(C(=O)OCC)[N+](C)(C)Cc1ccc(Cl)c(Cl)c1. The highest BCUT2D eigenvalue weighted by atomic mass is 79.9. The number of halogens is 3. The Bertz CT molecular complexity index is 596. The highest BCUT2D eigenvalue weighted by molar-refractivity contribution is 8.93. The minimum atomic E-state index is -0.172. The summed E-state index contributed by atoms with van der Waals surface area (Å²) in [6.45, 7) is 5.23. The fourth-order valence-electron chi connectivity index (χ4n) is 3.68. The Morgan fingerprint density at radius 2 is 1.55 bits per heavy atom. The average Bonchev–Trinajstić information content (AvgIpc) is 2.63. The van der Waals surface area contributed by atoms with E-state index >= 15 is 0 Å². The van der Waals surface area contributed by atoms with Crippen LogP contribution in [-0.4, -0.2) is 37.2 Å². The molecule has 0 aliphatic rings. The Kier molecular flexibility index (Phi) is 15.3. The Morgan fingerprint density at radius 1 is 0.966 bits per heavy atom. The van der Waals surface area contributed by atoms with E-state index < -0.39 is 0 Å². The van der Waals surface area contributed by atoms with Gasteiger partial charge >= 0.3 is 5.97 Å². The summed E-state index contributed by atoms with van der Waals surface area (Å²) in [4.78, 5) is 12.7. The van der Waals surface area contributed by atoms with E-state index in [1.165, 1.54) is 44.9 Å². The summed E-state index contributed by atoms with van der Waals surface area (Å²) < 4.78 is 5.94. The highest BCUT2D eigenvalue weighted by Crippen LogP contribution is 2.26. The summed E-state index contributed by atoms with van der Waals surface area (Å²) >= 11 is 12.2. The minimum absolute atomic E-state index is 0. The van der Waals surface area contributed by atoms with Gasteiger partial charge in [-0.2, -0.15) is 0 Å². The topological polar surface area (TPSA) is 26.3 Å². The molecule has 29 heavy (non-hydrogen) atoms. The van der Waals surface area contributed by atoms with Crippen molar-refractivity contribution in [2.24, 2.45) is 0 Å². The van der Waals surface area contributed by atoms with Gasteiger partial charge in [-0.25, -0.2) is 4.79 Å². The number of hydrogen-bond acceptors (Lipinski definition) is 2. The normalized spacial score (nSPS) is 12.3. The lowest BCUT2D eigenvalue weighted by Crippen LogP contribution is -2.52. The van der Waals surface area contributed by atoms with E-state index in [2.05, 4.69) is 21.0 Å². The lowest BCUT2D eigenvalue weighted by molar-refractivity contribution is -0.920. The molecule has 0 aromatic heterocycles. The maximum Gasteiger partial charge on any atom is 0.364 e. The van der Waals surface area contributed by atoms with Crippen LogP contribution >= 0.6 is 40.2 Å². The Morgan fingerprint density at radius 3 is 2.10 bits per heavy atom. The molecule has 0 heterocycles. The third kappa shape index (κ3) is 11.1. The molecule has 1 rings (SSSR count). The van der Waals surface area contributed by atoms with E-state index in [0.29, 0.717) is 27.7 Å². The first-order chi connectivity index (χ1) is 13.3. The van der Waals surface area contributed by atoms with Gasteiger partial charge in [0, 0.05) is 12.0 Å². The molecule has 3 nitrogen and oxygen atoms in total. The zero-order valence-electron chi connectivity index (χ0n) is 18.5. The van der Waals surface area contributed by atoms with Gasteiger partial charge in [0.2, 0.25) is 0 Å². The quantitative estimate of drug-likeness (QED) is 0.146. The third-order valence-corrected chi connectivity index (χ3v) is 6.05. The Labute approximate surface area is 198 Å².